The second-order valence-electron chi connectivity index (χ2n) is 7.08. The van der Waals surface area contributed by atoms with E-state index in [0.717, 1.165) is 32.6 Å². The van der Waals surface area contributed by atoms with Crippen molar-refractivity contribution in [3.63, 3.8) is 0 Å². The first-order valence-electron chi connectivity index (χ1n) is 9.53. The molecular weight excluding hydrogens is 344 g/mol. The van der Waals surface area contributed by atoms with Gasteiger partial charge < -0.3 is 10.6 Å². The van der Waals surface area contributed by atoms with Gasteiger partial charge in [-0.25, -0.2) is 0 Å². The van der Waals surface area contributed by atoms with E-state index in [2.05, 4.69) is 20.4 Å². The number of hydrogen-bond donors (Lipinski definition) is 2. The molecule has 0 aromatic heterocycles. The summed E-state index contributed by atoms with van der Waals surface area (Å²) in [7, 11) is 0. The molecule has 7 heteroatoms. The topological polar surface area (TPSA) is 81.8 Å². The van der Waals surface area contributed by atoms with Crippen molar-refractivity contribution in [1.82, 2.24) is 15.1 Å². The predicted molar refractivity (Wildman–Crippen MR) is 106 cm³/mol. The van der Waals surface area contributed by atoms with Crippen LogP contribution in [-0.4, -0.2) is 72.7 Å². The van der Waals surface area contributed by atoms with Crippen LogP contribution in [0.2, 0.25) is 0 Å². The van der Waals surface area contributed by atoms with Crippen LogP contribution in [0.25, 0.3) is 0 Å². The van der Waals surface area contributed by atoms with Gasteiger partial charge in [0.05, 0.1) is 18.8 Å². The van der Waals surface area contributed by atoms with Crippen LogP contribution in [0, 0.1) is 0 Å². The van der Waals surface area contributed by atoms with Gasteiger partial charge >= 0.3 is 0 Å². The van der Waals surface area contributed by atoms with Gasteiger partial charge in [-0.15, -0.1) is 0 Å². The highest BCUT2D eigenvalue weighted by Gasteiger charge is 2.21. The Kier molecular flexibility index (Phi) is 7.94. The molecule has 0 spiro atoms. The molecule has 2 amide bonds. The smallest absolute Gasteiger partial charge is 0.238 e. The van der Waals surface area contributed by atoms with Crippen LogP contribution in [0.15, 0.2) is 24.3 Å². The highest BCUT2D eigenvalue weighted by molar-refractivity contribution is 6.04. The largest absolute Gasteiger partial charge is 0.353 e. The van der Waals surface area contributed by atoms with E-state index in [1.807, 2.05) is 13.8 Å². The van der Waals surface area contributed by atoms with E-state index in [-0.39, 0.29) is 30.2 Å². The highest BCUT2D eigenvalue weighted by Crippen LogP contribution is 2.15. The van der Waals surface area contributed by atoms with E-state index in [1.165, 1.54) is 6.92 Å². The molecule has 2 rings (SSSR count). The van der Waals surface area contributed by atoms with Crippen molar-refractivity contribution in [2.45, 2.75) is 33.2 Å². The average molecular weight is 374 g/mol. The van der Waals surface area contributed by atoms with E-state index in [4.69, 9.17) is 0 Å². The summed E-state index contributed by atoms with van der Waals surface area (Å²) in [5, 5.41) is 5.81. The molecule has 1 aliphatic rings. The lowest BCUT2D eigenvalue weighted by Crippen LogP contribution is -2.51. The van der Waals surface area contributed by atoms with Crippen molar-refractivity contribution < 1.29 is 14.4 Å². The Balaban J connectivity index is 1.76. The molecule has 0 radical (unpaired) electrons. The summed E-state index contributed by atoms with van der Waals surface area (Å²) in [6.45, 7) is 9.19. The summed E-state index contributed by atoms with van der Waals surface area (Å²) in [6.07, 6.45) is 0.918. The lowest BCUT2D eigenvalue weighted by atomic mass is 10.1. The number of para-hydroxylation sites is 1. The van der Waals surface area contributed by atoms with Gasteiger partial charge in [0.2, 0.25) is 11.8 Å². The molecule has 0 saturated carbocycles. The minimum Gasteiger partial charge on any atom is -0.353 e. The Labute approximate surface area is 161 Å². The molecule has 1 unspecified atom stereocenters. The molecule has 1 atom stereocenters. The molecule has 148 valence electrons. The first-order valence-corrected chi connectivity index (χ1v) is 9.53. The highest BCUT2D eigenvalue weighted by atomic mass is 16.2. The number of carbonyl (C=O) groups is 3. The number of anilines is 1. The number of Topliss-reactive ketones (excluding diaryl/α,β-unsaturated/α-hetero) is 1. The van der Waals surface area contributed by atoms with Gasteiger partial charge in [0.25, 0.3) is 0 Å². The Hall–Kier alpha value is -2.25. The van der Waals surface area contributed by atoms with Gasteiger partial charge in [0, 0.05) is 37.8 Å². The minimum absolute atomic E-state index is 0.0522. The first-order chi connectivity index (χ1) is 12.9. The van der Waals surface area contributed by atoms with Crippen LogP contribution in [0.4, 0.5) is 5.69 Å². The molecule has 1 fully saturated rings. The standard InChI is InChI=1S/C20H30N4O3/c1-4-15(2)21-19(26)13-23-9-11-24(12-10-23)14-20(27)22-18-8-6-5-7-17(18)16(3)25/h5-8,15H,4,9-14H2,1-3H3,(H,21,26)(H,22,27). The third-order valence-electron chi connectivity index (χ3n) is 4.80. The number of nitrogens with zero attached hydrogens (tertiary/aromatic N) is 2. The molecule has 0 aliphatic carbocycles. The van der Waals surface area contributed by atoms with E-state index in [9.17, 15) is 14.4 Å². The Morgan fingerprint density at radius 1 is 1.00 bits per heavy atom. The molecule has 1 aromatic rings. The molecule has 2 N–H and O–H groups in total. The fourth-order valence-electron chi connectivity index (χ4n) is 3.02. The molecule has 27 heavy (non-hydrogen) atoms. The lowest BCUT2D eigenvalue weighted by molar-refractivity contribution is -0.124. The molecule has 1 aliphatic heterocycles. The van der Waals surface area contributed by atoms with Crippen LogP contribution in [0.1, 0.15) is 37.6 Å². The van der Waals surface area contributed by atoms with Gasteiger partial charge in [-0.05, 0) is 32.4 Å². The number of piperazine rings is 1. The van der Waals surface area contributed by atoms with E-state index < -0.39 is 0 Å². The second kappa shape index (κ2) is 10.2. The number of hydrogen-bond acceptors (Lipinski definition) is 5. The number of carbonyl (C=O) groups excluding carboxylic acids is 3. The number of ketones is 1. The maximum Gasteiger partial charge on any atom is 0.238 e. The Morgan fingerprint density at radius 3 is 2.11 bits per heavy atom. The first kappa shape index (κ1) is 21.1. The maximum atomic E-state index is 12.3. The van der Waals surface area contributed by atoms with Gasteiger partial charge in [-0.1, -0.05) is 19.1 Å². The summed E-state index contributed by atoms with van der Waals surface area (Å²) in [6, 6.07) is 7.22. The van der Waals surface area contributed by atoms with Crippen molar-refractivity contribution in [3.8, 4) is 0 Å². The van der Waals surface area contributed by atoms with Crippen LogP contribution < -0.4 is 10.6 Å². The van der Waals surface area contributed by atoms with Crippen LogP contribution in [0.3, 0.4) is 0 Å². The molecule has 1 heterocycles. The van der Waals surface area contributed by atoms with E-state index in [0.29, 0.717) is 17.8 Å². The average Bonchev–Trinajstić information content (AvgIpc) is 2.63. The summed E-state index contributed by atoms with van der Waals surface area (Å²) in [4.78, 5) is 40.1. The van der Waals surface area contributed by atoms with E-state index in [1.54, 1.807) is 24.3 Å². The lowest BCUT2D eigenvalue weighted by Gasteiger charge is -2.34. The number of amides is 2. The Bertz CT molecular complexity index is 669. The zero-order valence-corrected chi connectivity index (χ0v) is 16.5. The van der Waals surface area contributed by atoms with Gasteiger partial charge in [0.15, 0.2) is 5.78 Å². The SMILES string of the molecule is CCC(C)NC(=O)CN1CCN(CC(=O)Nc2ccccc2C(C)=O)CC1. The van der Waals surface area contributed by atoms with Gasteiger partial charge in [-0.3, -0.25) is 24.2 Å². The molecular formula is C20H30N4O3. The van der Waals surface area contributed by atoms with Crippen molar-refractivity contribution in [3.05, 3.63) is 29.8 Å². The maximum absolute atomic E-state index is 12.3. The fourth-order valence-corrected chi connectivity index (χ4v) is 3.02. The minimum atomic E-state index is -0.133. The summed E-state index contributed by atoms with van der Waals surface area (Å²) in [5.74, 6) is -0.154. The van der Waals surface area contributed by atoms with Crippen LogP contribution in [-0.2, 0) is 9.59 Å². The molecule has 1 aromatic carbocycles. The summed E-state index contributed by atoms with van der Waals surface area (Å²) < 4.78 is 0. The van der Waals surface area contributed by atoms with Crippen molar-refractivity contribution in [2.75, 3.05) is 44.6 Å². The van der Waals surface area contributed by atoms with Crippen molar-refractivity contribution >= 4 is 23.3 Å². The molecule has 1 saturated heterocycles. The van der Waals surface area contributed by atoms with Crippen LogP contribution >= 0.6 is 0 Å². The van der Waals surface area contributed by atoms with Gasteiger partial charge in [0.1, 0.15) is 0 Å². The normalized spacial score (nSPS) is 16.6. The summed E-state index contributed by atoms with van der Waals surface area (Å²) >= 11 is 0. The predicted octanol–water partition coefficient (Wildman–Crippen LogP) is 1.36. The number of rotatable bonds is 8. The van der Waals surface area contributed by atoms with Crippen LogP contribution in [0.5, 0.6) is 0 Å². The zero-order chi connectivity index (χ0) is 19.8. The van der Waals surface area contributed by atoms with Gasteiger partial charge in [-0.2, -0.15) is 0 Å². The fraction of sp³-hybridized carbons (Fsp3) is 0.550. The quantitative estimate of drug-likeness (QED) is 0.672. The Morgan fingerprint density at radius 2 is 1.56 bits per heavy atom. The van der Waals surface area contributed by atoms with Crippen molar-refractivity contribution in [2.24, 2.45) is 0 Å². The van der Waals surface area contributed by atoms with E-state index >= 15 is 0 Å². The number of nitrogens with one attached hydrogen (secondary N) is 2. The summed E-state index contributed by atoms with van der Waals surface area (Å²) in [5.41, 5.74) is 1.07. The zero-order valence-electron chi connectivity index (χ0n) is 16.5. The monoisotopic (exact) mass is 374 g/mol. The van der Waals surface area contributed by atoms with Crippen molar-refractivity contribution in [1.29, 1.82) is 0 Å². The number of benzene rings is 1. The molecule has 0 bridgehead atoms. The second-order valence-corrected chi connectivity index (χ2v) is 7.08. The molecule has 7 nitrogen and oxygen atoms in total. The third kappa shape index (κ3) is 6.77. The third-order valence-corrected chi connectivity index (χ3v) is 4.80.